The smallest absolute Gasteiger partial charge is 0.220 e. The van der Waals surface area contributed by atoms with Gasteiger partial charge in [-0.2, -0.15) is 0 Å². The number of ether oxygens (including phenoxy) is 1. The maximum atomic E-state index is 12.1. The van der Waals surface area contributed by atoms with E-state index < -0.39 is 0 Å². The van der Waals surface area contributed by atoms with Crippen LogP contribution in [0.2, 0.25) is 0 Å². The van der Waals surface area contributed by atoms with Gasteiger partial charge in [-0.25, -0.2) is 4.98 Å². The summed E-state index contributed by atoms with van der Waals surface area (Å²) in [6, 6.07) is 0. The highest BCUT2D eigenvalue weighted by molar-refractivity contribution is 14.0. The van der Waals surface area contributed by atoms with Gasteiger partial charge >= 0.3 is 0 Å². The van der Waals surface area contributed by atoms with Crippen LogP contribution >= 0.6 is 35.3 Å². The molecule has 9 heteroatoms. The molecule has 1 aliphatic rings. The molecule has 0 aliphatic heterocycles. The molecule has 0 bridgehead atoms. The first-order chi connectivity index (χ1) is 14.0. The molecule has 30 heavy (non-hydrogen) atoms. The number of halogens is 1. The Balaban J connectivity index is 0.00000450. The van der Waals surface area contributed by atoms with E-state index >= 15 is 0 Å². The third kappa shape index (κ3) is 9.47. The number of thiazole rings is 1. The number of carbonyl (C=O) groups is 1. The van der Waals surface area contributed by atoms with E-state index in [1.165, 1.54) is 32.1 Å². The Hall–Kier alpha value is -0.940. The molecule has 1 amide bonds. The number of aromatic nitrogens is 1. The molecule has 1 unspecified atom stereocenters. The van der Waals surface area contributed by atoms with Crippen LogP contribution in [0.5, 0.6) is 0 Å². The fraction of sp³-hybridized carbons (Fsp3) is 0.762. The minimum atomic E-state index is 0. The summed E-state index contributed by atoms with van der Waals surface area (Å²) in [5, 5.41) is 9.38. The van der Waals surface area contributed by atoms with Gasteiger partial charge in [0.2, 0.25) is 5.91 Å². The molecule has 1 aromatic rings. The minimum absolute atomic E-state index is 0. The number of amides is 1. The summed E-state index contributed by atoms with van der Waals surface area (Å²) in [6.07, 6.45) is 6.93. The number of hydrogen-bond acceptors (Lipinski definition) is 5. The van der Waals surface area contributed by atoms with E-state index in [-0.39, 0.29) is 36.0 Å². The normalized spacial score (nSPS) is 15.9. The van der Waals surface area contributed by atoms with Gasteiger partial charge in [0.1, 0.15) is 11.1 Å². The molecule has 0 spiro atoms. The Morgan fingerprint density at radius 3 is 2.77 bits per heavy atom. The van der Waals surface area contributed by atoms with E-state index in [2.05, 4.69) is 37.8 Å². The molecule has 1 aromatic heterocycles. The summed E-state index contributed by atoms with van der Waals surface area (Å²) in [4.78, 5) is 23.5. The maximum Gasteiger partial charge on any atom is 0.220 e. The predicted molar refractivity (Wildman–Crippen MR) is 135 cm³/mol. The van der Waals surface area contributed by atoms with Gasteiger partial charge in [-0.3, -0.25) is 9.79 Å². The number of nitrogens with zero attached hydrogens (tertiary/aromatic N) is 3. The van der Waals surface area contributed by atoms with Gasteiger partial charge in [0, 0.05) is 39.0 Å². The van der Waals surface area contributed by atoms with Crippen LogP contribution in [0.25, 0.3) is 0 Å². The predicted octanol–water partition coefficient (Wildman–Crippen LogP) is 3.95. The monoisotopic (exact) mass is 551 g/mol. The summed E-state index contributed by atoms with van der Waals surface area (Å²) >= 11 is 1.62. The van der Waals surface area contributed by atoms with Crippen LogP contribution in [0, 0.1) is 5.92 Å². The topological polar surface area (TPSA) is 78.9 Å². The molecule has 0 aromatic carbocycles. The average Bonchev–Trinajstić information content (AvgIpc) is 3.18. The van der Waals surface area contributed by atoms with Crippen LogP contribution < -0.4 is 10.6 Å². The quantitative estimate of drug-likeness (QED) is 0.199. The lowest BCUT2D eigenvalue weighted by Gasteiger charge is -2.21. The SMILES string of the molecule is CCNC(=NCCNC(=O)CC1CCCCC1)N(C)Cc1csc(C(C)OC)n1.I. The molecular weight excluding hydrogens is 513 g/mol. The summed E-state index contributed by atoms with van der Waals surface area (Å²) in [5.41, 5.74) is 1.00. The Morgan fingerprint density at radius 2 is 2.10 bits per heavy atom. The van der Waals surface area contributed by atoms with Crippen LogP contribution in [0.3, 0.4) is 0 Å². The lowest BCUT2D eigenvalue weighted by Crippen LogP contribution is -2.39. The minimum Gasteiger partial charge on any atom is -0.375 e. The van der Waals surface area contributed by atoms with E-state index in [1.54, 1.807) is 18.4 Å². The van der Waals surface area contributed by atoms with E-state index in [0.717, 1.165) is 23.2 Å². The van der Waals surface area contributed by atoms with Crippen molar-refractivity contribution in [3.05, 3.63) is 16.1 Å². The summed E-state index contributed by atoms with van der Waals surface area (Å²) in [7, 11) is 3.70. The molecule has 172 valence electrons. The van der Waals surface area contributed by atoms with Crippen LogP contribution in [0.4, 0.5) is 0 Å². The lowest BCUT2D eigenvalue weighted by atomic mass is 9.87. The van der Waals surface area contributed by atoms with Crippen LogP contribution in [0.1, 0.15) is 69.2 Å². The van der Waals surface area contributed by atoms with Crippen LogP contribution in [-0.2, 0) is 16.1 Å². The Kier molecular flexibility index (Phi) is 13.5. The highest BCUT2D eigenvalue weighted by atomic mass is 127. The fourth-order valence-electron chi connectivity index (χ4n) is 3.55. The zero-order valence-electron chi connectivity index (χ0n) is 18.8. The highest BCUT2D eigenvalue weighted by Crippen LogP contribution is 2.26. The summed E-state index contributed by atoms with van der Waals surface area (Å²) in [6.45, 7) is 6.65. The van der Waals surface area contributed by atoms with E-state index in [0.29, 0.717) is 32.0 Å². The maximum absolute atomic E-state index is 12.1. The van der Waals surface area contributed by atoms with Crippen molar-refractivity contribution in [3.63, 3.8) is 0 Å². The van der Waals surface area contributed by atoms with Crippen molar-refractivity contribution in [2.75, 3.05) is 33.8 Å². The number of carbonyl (C=O) groups excluding carboxylic acids is 1. The van der Waals surface area contributed by atoms with Crippen LogP contribution in [-0.4, -0.2) is 55.5 Å². The third-order valence-electron chi connectivity index (χ3n) is 5.26. The molecule has 1 heterocycles. The first-order valence-corrected chi connectivity index (χ1v) is 11.6. The second kappa shape index (κ2) is 15.0. The Bertz CT molecular complexity index is 649. The van der Waals surface area contributed by atoms with Crippen molar-refractivity contribution in [2.24, 2.45) is 10.9 Å². The third-order valence-corrected chi connectivity index (χ3v) is 6.32. The lowest BCUT2D eigenvalue weighted by molar-refractivity contribution is -0.122. The standard InChI is InChI=1S/C21H37N5O2S.HI/c1-5-22-21(26(3)14-18-15-29-20(25-18)16(2)28-4)24-12-11-23-19(27)13-17-9-7-6-8-10-17;/h15-17H,5-14H2,1-4H3,(H,22,24)(H,23,27);1H. The van der Waals surface area contributed by atoms with Gasteiger partial charge in [0.25, 0.3) is 0 Å². The van der Waals surface area contributed by atoms with Gasteiger partial charge in [-0.15, -0.1) is 35.3 Å². The van der Waals surface area contributed by atoms with Gasteiger partial charge in [-0.05, 0) is 32.6 Å². The van der Waals surface area contributed by atoms with Crippen molar-refractivity contribution in [1.29, 1.82) is 0 Å². The van der Waals surface area contributed by atoms with Crippen molar-refractivity contribution < 1.29 is 9.53 Å². The number of nitrogens with one attached hydrogen (secondary N) is 2. The summed E-state index contributed by atoms with van der Waals surface area (Å²) < 4.78 is 5.34. The number of aliphatic imine (C=N–C) groups is 1. The molecule has 1 fully saturated rings. The fourth-order valence-corrected chi connectivity index (χ4v) is 4.39. The van der Waals surface area contributed by atoms with E-state index in [9.17, 15) is 4.79 Å². The second-order valence-electron chi connectivity index (χ2n) is 7.70. The molecule has 1 atom stereocenters. The number of hydrogen-bond donors (Lipinski definition) is 2. The van der Waals surface area contributed by atoms with Gasteiger partial charge in [-0.1, -0.05) is 19.3 Å². The summed E-state index contributed by atoms with van der Waals surface area (Å²) in [5.74, 6) is 1.55. The van der Waals surface area contributed by atoms with Crippen LogP contribution in [0.15, 0.2) is 10.4 Å². The largest absolute Gasteiger partial charge is 0.375 e. The van der Waals surface area contributed by atoms with Crippen molar-refractivity contribution in [1.82, 2.24) is 20.5 Å². The zero-order valence-corrected chi connectivity index (χ0v) is 21.9. The molecular formula is C21H38IN5O2S. The molecule has 0 radical (unpaired) electrons. The number of methoxy groups -OCH3 is 1. The molecule has 7 nitrogen and oxygen atoms in total. The second-order valence-corrected chi connectivity index (χ2v) is 8.59. The molecule has 1 saturated carbocycles. The molecule has 1 aliphatic carbocycles. The highest BCUT2D eigenvalue weighted by Gasteiger charge is 2.17. The van der Waals surface area contributed by atoms with E-state index in [4.69, 9.17) is 4.74 Å². The number of rotatable bonds is 10. The van der Waals surface area contributed by atoms with Crippen molar-refractivity contribution in [2.45, 2.75) is 65.0 Å². The van der Waals surface area contributed by atoms with Gasteiger partial charge < -0.3 is 20.3 Å². The molecule has 2 N–H and O–H groups in total. The number of guanidine groups is 1. The van der Waals surface area contributed by atoms with Gasteiger partial charge in [0.05, 0.1) is 18.8 Å². The molecule has 0 saturated heterocycles. The zero-order chi connectivity index (χ0) is 21.1. The van der Waals surface area contributed by atoms with Gasteiger partial charge in [0.15, 0.2) is 5.96 Å². The first-order valence-electron chi connectivity index (χ1n) is 10.8. The Labute approximate surface area is 202 Å². The first kappa shape index (κ1) is 27.1. The average molecular weight is 552 g/mol. The van der Waals surface area contributed by atoms with Crippen molar-refractivity contribution in [3.8, 4) is 0 Å². The van der Waals surface area contributed by atoms with Crippen molar-refractivity contribution >= 4 is 47.2 Å². The Morgan fingerprint density at radius 1 is 1.37 bits per heavy atom. The molecule has 2 rings (SSSR count). The van der Waals surface area contributed by atoms with E-state index in [1.807, 2.05) is 14.0 Å².